The number of amides is 1. The van der Waals surface area contributed by atoms with Crippen LogP contribution < -0.4 is 15.4 Å². The Morgan fingerprint density at radius 2 is 1.87 bits per heavy atom. The molecular weight excluding hydrogens is 383 g/mol. The second-order valence-corrected chi connectivity index (χ2v) is 7.47. The van der Waals surface area contributed by atoms with Crippen LogP contribution >= 0.6 is 0 Å². The standard InChI is InChI=1S/C24H23FN2O3/c1-14-21(24(29)27-17-6-3-4-9-20(17)30-2)22(15-10-12-16(25)13-11-15)23-18(26-14)7-5-8-19(23)28/h3-4,6,9-13,22,26H,5,7-8H2,1-2H3,(H,27,29). The van der Waals surface area contributed by atoms with E-state index in [0.717, 1.165) is 18.5 Å². The number of carbonyl (C=O) groups excluding carboxylic acids is 2. The Labute approximate surface area is 174 Å². The van der Waals surface area contributed by atoms with Gasteiger partial charge in [0.25, 0.3) is 5.91 Å². The molecule has 0 spiro atoms. The molecule has 5 nitrogen and oxygen atoms in total. The molecular formula is C24H23FN2O3. The van der Waals surface area contributed by atoms with Crippen molar-refractivity contribution in [3.05, 3.63) is 82.5 Å². The van der Waals surface area contributed by atoms with Crippen LogP contribution in [0.5, 0.6) is 5.75 Å². The molecule has 2 N–H and O–H groups in total. The van der Waals surface area contributed by atoms with Crippen LogP contribution in [0.1, 0.15) is 37.7 Å². The van der Waals surface area contributed by atoms with E-state index in [1.54, 1.807) is 30.3 Å². The molecule has 4 rings (SSSR count). The molecule has 1 atom stereocenters. The van der Waals surface area contributed by atoms with Gasteiger partial charge >= 0.3 is 0 Å². The van der Waals surface area contributed by atoms with Gasteiger partial charge in [-0.25, -0.2) is 4.39 Å². The SMILES string of the molecule is COc1ccccc1NC(=O)C1=C(C)NC2=C(C(=O)CCC2)C1c1ccc(F)cc1. The van der Waals surface area contributed by atoms with Crippen molar-refractivity contribution >= 4 is 17.4 Å². The number of anilines is 1. The lowest BCUT2D eigenvalue weighted by molar-refractivity contribution is -0.116. The zero-order valence-electron chi connectivity index (χ0n) is 16.9. The Kier molecular flexibility index (Phi) is 5.40. The smallest absolute Gasteiger partial charge is 0.254 e. The van der Waals surface area contributed by atoms with E-state index < -0.39 is 5.92 Å². The van der Waals surface area contributed by atoms with E-state index in [0.29, 0.717) is 40.3 Å². The largest absolute Gasteiger partial charge is 0.495 e. The number of hydrogen-bond acceptors (Lipinski definition) is 4. The van der Waals surface area contributed by atoms with Crippen molar-refractivity contribution in [3.8, 4) is 5.75 Å². The van der Waals surface area contributed by atoms with Crippen molar-refractivity contribution in [2.24, 2.45) is 0 Å². The number of allylic oxidation sites excluding steroid dienone is 3. The van der Waals surface area contributed by atoms with Crippen LogP contribution in [-0.2, 0) is 9.59 Å². The first-order valence-corrected chi connectivity index (χ1v) is 9.93. The maximum Gasteiger partial charge on any atom is 0.254 e. The Bertz CT molecular complexity index is 1070. The molecule has 2 aromatic carbocycles. The number of methoxy groups -OCH3 is 1. The fourth-order valence-corrected chi connectivity index (χ4v) is 4.21. The highest BCUT2D eigenvalue weighted by atomic mass is 19.1. The summed E-state index contributed by atoms with van der Waals surface area (Å²) < 4.78 is 18.9. The number of Topliss-reactive ketones (excluding diaryl/α,β-unsaturated/α-hetero) is 1. The van der Waals surface area contributed by atoms with Gasteiger partial charge in [-0.2, -0.15) is 0 Å². The maximum absolute atomic E-state index is 13.6. The predicted octanol–water partition coefficient (Wildman–Crippen LogP) is 4.44. The molecule has 1 heterocycles. The summed E-state index contributed by atoms with van der Waals surface area (Å²) >= 11 is 0. The van der Waals surface area contributed by atoms with Gasteiger partial charge < -0.3 is 15.4 Å². The summed E-state index contributed by atoms with van der Waals surface area (Å²) in [6.45, 7) is 1.83. The van der Waals surface area contributed by atoms with Gasteiger partial charge in [0.15, 0.2) is 5.78 Å². The lowest BCUT2D eigenvalue weighted by Gasteiger charge is -2.34. The molecule has 30 heavy (non-hydrogen) atoms. The quantitative estimate of drug-likeness (QED) is 0.788. The highest BCUT2D eigenvalue weighted by molar-refractivity contribution is 6.10. The molecule has 0 bridgehead atoms. The number of carbonyl (C=O) groups is 2. The number of para-hydroxylation sites is 2. The van der Waals surface area contributed by atoms with Crippen molar-refractivity contribution < 1.29 is 18.7 Å². The van der Waals surface area contributed by atoms with E-state index in [-0.39, 0.29) is 17.5 Å². The number of hydrogen-bond donors (Lipinski definition) is 2. The Hall–Kier alpha value is -3.41. The topological polar surface area (TPSA) is 67.4 Å². The van der Waals surface area contributed by atoms with Crippen LogP contribution in [0.4, 0.5) is 10.1 Å². The Balaban J connectivity index is 1.78. The van der Waals surface area contributed by atoms with Gasteiger partial charge in [0.05, 0.1) is 12.8 Å². The van der Waals surface area contributed by atoms with E-state index >= 15 is 0 Å². The molecule has 0 saturated heterocycles. The lowest BCUT2D eigenvalue weighted by atomic mass is 9.75. The summed E-state index contributed by atoms with van der Waals surface area (Å²) in [5.74, 6) is -0.682. The number of halogens is 1. The minimum Gasteiger partial charge on any atom is -0.495 e. The van der Waals surface area contributed by atoms with Crippen LogP contribution in [0.3, 0.4) is 0 Å². The molecule has 154 valence electrons. The van der Waals surface area contributed by atoms with Gasteiger partial charge in [-0.15, -0.1) is 0 Å². The molecule has 6 heteroatoms. The summed E-state index contributed by atoms with van der Waals surface area (Å²) in [6, 6.07) is 13.1. The van der Waals surface area contributed by atoms with E-state index in [9.17, 15) is 14.0 Å². The number of ether oxygens (including phenoxy) is 1. The van der Waals surface area contributed by atoms with Crippen LogP contribution in [0.25, 0.3) is 0 Å². The maximum atomic E-state index is 13.6. The van der Waals surface area contributed by atoms with Gasteiger partial charge in [0.1, 0.15) is 11.6 Å². The van der Waals surface area contributed by atoms with Crippen LogP contribution in [0.2, 0.25) is 0 Å². The van der Waals surface area contributed by atoms with Crippen molar-refractivity contribution in [2.45, 2.75) is 32.1 Å². The highest BCUT2D eigenvalue weighted by Gasteiger charge is 2.38. The Morgan fingerprint density at radius 1 is 1.13 bits per heavy atom. The summed E-state index contributed by atoms with van der Waals surface area (Å²) in [7, 11) is 1.54. The molecule has 1 unspecified atom stereocenters. The first kappa shape index (κ1) is 19.9. The second-order valence-electron chi connectivity index (χ2n) is 7.47. The van der Waals surface area contributed by atoms with Crippen molar-refractivity contribution in [2.75, 3.05) is 12.4 Å². The molecule has 0 saturated carbocycles. The van der Waals surface area contributed by atoms with Gasteiger partial charge in [0.2, 0.25) is 0 Å². The van der Waals surface area contributed by atoms with E-state index in [1.807, 2.05) is 13.0 Å². The van der Waals surface area contributed by atoms with Crippen molar-refractivity contribution in [1.82, 2.24) is 5.32 Å². The van der Waals surface area contributed by atoms with Crippen molar-refractivity contribution in [3.63, 3.8) is 0 Å². The predicted molar refractivity (Wildman–Crippen MR) is 112 cm³/mol. The van der Waals surface area contributed by atoms with Gasteiger partial charge in [-0.1, -0.05) is 24.3 Å². The molecule has 2 aromatic rings. The molecule has 1 amide bonds. The molecule has 0 radical (unpaired) electrons. The zero-order chi connectivity index (χ0) is 21.3. The molecule has 1 aliphatic heterocycles. The minimum absolute atomic E-state index is 0.0215. The number of rotatable bonds is 4. The third-order valence-corrected chi connectivity index (χ3v) is 5.58. The second kappa shape index (κ2) is 8.14. The third kappa shape index (κ3) is 3.61. The summed E-state index contributed by atoms with van der Waals surface area (Å²) in [5, 5.41) is 6.19. The lowest BCUT2D eigenvalue weighted by Crippen LogP contribution is -2.35. The third-order valence-electron chi connectivity index (χ3n) is 5.58. The normalized spacial score (nSPS) is 18.6. The van der Waals surface area contributed by atoms with Crippen LogP contribution in [0.15, 0.2) is 71.1 Å². The van der Waals surface area contributed by atoms with E-state index in [4.69, 9.17) is 4.74 Å². The minimum atomic E-state index is -0.552. The average Bonchev–Trinajstić information content (AvgIpc) is 2.74. The van der Waals surface area contributed by atoms with Crippen LogP contribution in [-0.4, -0.2) is 18.8 Å². The fourth-order valence-electron chi connectivity index (χ4n) is 4.21. The van der Waals surface area contributed by atoms with Crippen molar-refractivity contribution in [1.29, 1.82) is 0 Å². The number of nitrogens with one attached hydrogen (secondary N) is 2. The number of dihydropyridines is 1. The molecule has 2 aliphatic rings. The number of benzene rings is 2. The fraction of sp³-hybridized carbons (Fsp3) is 0.250. The molecule has 0 fully saturated rings. The monoisotopic (exact) mass is 406 g/mol. The van der Waals surface area contributed by atoms with E-state index in [2.05, 4.69) is 10.6 Å². The first-order chi connectivity index (χ1) is 14.5. The van der Waals surface area contributed by atoms with Gasteiger partial charge in [-0.3, -0.25) is 9.59 Å². The van der Waals surface area contributed by atoms with Gasteiger partial charge in [0, 0.05) is 34.9 Å². The Morgan fingerprint density at radius 3 is 2.60 bits per heavy atom. The highest BCUT2D eigenvalue weighted by Crippen LogP contribution is 2.42. The zero-order valence-corrected chi connectivity index (χ0v) is 16.9. The summed E-state index contributed by atoms with van der Waals surface area (Å²) in [4.78, 5) is 26.3. The number of ketones is 1. The van der Waals surface area contributed by atoms with E-state index in [1.165, 1.54) is 19.2 Å². The van der Waals surface area contributed by atoms with Crippen LogP contribution in [0, 0.1) is 5.82 Å². The summed E-state index contributed by atoms with van der Waals surface area (Å²) in [5.41, 5.74) is 3.84. The molecule has 1 aliphatic carbocycles. The average molecular weight is 406 g/mol. The first-order valence-electron chi connectivity index (χ1n) is 9.93. The van der Waals surface area contributed by atoms with Gasteiger partial charge in [-0.05, 0) is 49.6 Å². The molecule has 0 aromatic heterocycles. The summed E-state index contributed by atoms with van der Waals surface area (Å²) in [6.07, 6.45) is 1.97.